The molecule has 0 radical (unpaired) electrons. The molecule has 1 aromatic rings. The van der Waals surface area contributed by atoms with Gasteiger partial charge in [-0.05, 0) is 6.92 Å². The van der Waals surface area contributed by atoms with Crippen LogP contribution in [0.4, 0.5) is 0 Å². The highest BCUT2D eigenvalue weighted by Crippen LogP contribution is 2.11. The standard InChI is InChI=1S/C11H16N2O3S/c1-4-13(8-9(2)3)17(15,16)11-7-12-6-5-10(11)14/h5-7H,2,4,8H2,1,3H3,(H,12,14). The molecule has 1 aromatic heterocycles. The highest BCUT2D eigenvalue weighted by Gasteiger charge is 2.25. The molecule has 5 nitrogen and oxygen atoms in total. The van der Waals surface area contributed by atoms with Gasteiger partial charge in [0.25, 0.3) is 0 Å². The van der Waals surface area contributed by atoms with Crippen molar-refractivity contribution >= 4 is 10.0 Å². The van der Waals surface area contributed by atoms with Gasteiger partial charge in [0.15, 0.2) is 0 Å². The van der Waals surface area contributed by atoms with Crippen LogP contribution in [-0.2, 0) is 10.0 Å². The SMILES string of the molecule is C=C(C)CN(CC)S(=O)(=O)c1c[nH]ccc1=O. The Bertz CT molecular complexity index is 560. The minimum atomic E-state index is -3.75. The molecule has 0 fully saturated rings. The quantitative estimate of drug-likeness (QED) is 0.798. The molecule has 0 spiro atoms. The maximum atomic E-state index is 12.2. The molecule has 0 bridgehead atoms. The molecule has 0 saturated carbocycles. The molecule has 0 saturated heterocycles. The topological polar surface area (TPSA) is 70.2 Å². The maximum Gasteiger partial charge on any atom is 0.248 e. The van der Waals surface area contributed by atoms with E-state index in [2.05, 4.69) is 11.6 Å². The predicted molar refractivity (Wildman–Crippen MR) is 66.3 cm³/mol. The summed E-state index contributed by atoms with van der Waals surface area (Å²) in [6.07, 6.45) is 2.61. The molecular formula is C11H16N2O3S. The van der Waals surface area contributed by atoms with Gasteiger partial charge in [0.2, 0.25) is 15.5 Å². The van der Waals surface area contributed by atoms with E-state index < -0.39 is 15.5 Å². The summed E-state index contributed by atoms with van der Waals surface area (Å²) in [5, 5.41) is 0. The molecule has 0 amide bonds. The molecule has 1 heterocycles. The van der Waals surface area contributed by atoms with Gasteiger partial charge in [0, 0.05) is 31.5 Å². The highest BCUT2D eigenvalue weighted by molar-refractivity contribution is 7.89. The van der Waals surface area contributed by atoms with Crippen LogP contribution in [0.2, 0.25) is 0 Å². The second-order valence-corrected chi connectivity index (χ2v) is 5.67. The lowest BCUT2D eigenvalue weighted by molar-refractivity contribution is 0.452. The van der Waals surface area contributed by atoms with Gasteiger partial charge >= 0.3 is 0 Å². The zero-order valence-electron chi connectivity index (χ0n) is 9.93. The third-order valence-electron chi connectivity index (χ3n) is 2.21. The van der Waals surface area contributed by atoms with Crippen molar-refractivity contribution in [1.82, 2.24) is 9.29 Å². The number of H-pyrrole nitrogens is 1. The van der Waals surface area contributed by atoms with E-state index in [9.17, 15) is 13.2 Å². The lowest BCUT2D eigenvalue weighted by Gasteiger charge is -2.19. The number of pyridine rings is 1. The Morgan fingerprint density at radius 3 is 2.65 bits per heavy atom. The fraction of sp³-hybridized carbons (Fsp3) is 0.364. The Balaban J connectivity index is 3.23. The summed E-state index contributed by atoms with van der Waals surface area (Å²) in [5.41, 5.74) is 0.215. The van der Waals surface area contributed by atoms with E-state index in [0.717, 1.165) is 5.57 Å². The number of likely N-dealkylation sites (N-methyl/N-ethyl adjacent to an activating group) is 1. The Labute approximate surface area is 101 Å². The Kier molecular flexibility index (Phi) is 4.25. The lowest BCUT2D eigenvalue weighted by Crippen LogP contribution is -2.34. The first kappa shape index (κ1) is 13.7. The second-order valence-electron chi connectivity index (χ2n) is 3.76. The van der Waals surface area contributed by atoms with E-state index in [0.29, 0.717) is 6.54 Å². The summed E-state index contributed by atoms with van der Waals surface area (Å²) in [7, 11) is -3.75. The van der Waals surface area contributed by atoms with Crippen LogP contribution in [0.1, 0.15) is 13.8 Å². The number of aromatic nitrogens is 1. The fourth-order valence-electron chi connectivity index (χ4n) is 1.41. The van der Waals surface area contributed by atoms with Crippen molar-refractivity contribution in [3.63, 3.8) is 0 Å². The van der Waals surface area contributed by atoms with E-state index in [1.54, 1.807) is 13.8 Å². The van der Waals surface area contributed by atoms with Gasteiger partial charge in [-0.25, -0.2) is 8.42 Å². The number of nitrogens with one attached hydrogen (secondary N) is 1. The van der Waals surface area contributed by atoms with Crippen LogP contribution >= 0.6 is 0 Å². The van der Waals surface area contributed by atoms with Gasteiger partial charge in [-0.3, -0.25) is 4.79 Å². The van der Waals surface area contributed by atoms with Crippen LogP contribution in [0.5, 0.6) is 0 Å². The molecule has 17 heavy (non-hydrogen) atoms. The first-order valence-corrected chi connectivity index (χ1v) is 6.65. The molecule has 1 N–H and O–H groups in total. The van der Waals surface area contributed by atoms with Gasteiger partial charge in [0.1, 0.15) is 4.90 Å². The maximum absolute atomic E-state index is 12.2. The number of hydrogen-bond donors (Lipinski definition) is 1. The number of sulfonamides is 1. The molecule has 0 atom stereocenters. The summed E-state index contributed by atoms with van der Waals surface area (Å²) < 4.78 is 25.6. The van der Waals surface area contributed by atoms with E-state index in [1.165, 1.54) is 22.8 Å². The third-order valence-corrected chi connectivity index (χ3v) is 4.15. The van der Waals surface area contributed by atoms with Crippen LogP contribution in [-0.4, -0.2) is 30.8 Å². The first-order chi connectivity index (χ1) is 7.89. The summed E-state index contributed by atoms with van der Waals surface area (Å²) in [6, 6.07) is 1.20. The van der Waals surface area contributed by atoms with Gasteiger partial charge in [0.05, 0.1) is 0 Å². The fourth-order valence-corrected chi connectivity index (χ4v) is 2.96. The number of aromatic amines is 1. The normalized spacial score (nSPS) is 11.7. The van der Waals surface area contributed by atoms with Crippen molar-refractivity contribution in [2.24, 2.45) is 0 Å². The Hall–Kier alpha value is -1.40. The van der Waals surface area contributed by atoms with E-state index in [1.807, 2.05) is 0 Å². The van der Waals surface area contributed by atoms with Gasteiger partial charge < -0.3 is 4.98 Å². The van der Waals surface area contributed by atoms with Crippen LogP contribution in [0.15, 0.2) is 40.3 Å². The van der Waals surface area contributed by atoms with Crippen molar-refractivity contribution < 1.29 is 8.42 Å². The molecule has 0 aliphatic carbocycles. The van der Waals surface area contributed by atoms with Gasteiger partial charge in [-0.2, -0.15) is 4.31 Å². The zero-order chi connectivity index (χ0) is 13.1. The minimum absolute atomic E-state index is 0.215. The monoisotopic (exact) mass is 256 g/mol. The van der Waals surface area contributed by atoms with Gasteiger partial charge in [-0.1, -0.05) is 19.1 Å². The van der Waals surface area contributed by atoms with E-state index in [4.69, 9.17) is 0 Å². The van der Waals surface area contributed by atoms with Crippen LogP contribution < -0.4 is 5.43 Å². The van der Waals surface area contributed by atoms with E-state index >= 15 is 0 Å². The number of nitrogens with zero attached hydrogens (tertiary/aromatic N) is 1. The van der Waals surface area contributed by atoms with E-state index in [-0.39, 0.29) is 11.4 Å². The number of rotatable bonds is 5. The average Bonchev–Trinajstić information content (AvgIpc) is 2.25. The summed E-state index contributed by atoms with van der Waals surface area (Å²) in [6.45, 7) is 7.65. The van der Waals surface area contributed by atoms with Crippen molar-refractivity contribution in [1.29, 1.82) is 0 Å². The highest BCUT2D eigenvalue weighted by atomic mass is 32.2. The molecular weight excluding hydrogens is 240 g/mol. The van der Waals surface area contributed by atoms with Crippen LogP contribution in [0, 0.1) is 0 Å². The smallest absolute Gasteiger partial charge is 0.248 e. The first-order valence-electron chi connectivity index (χ1n) is 5.21. The Morgan fingerprint density at radius 2 is 2.18 bits per heavy atom. The second kappa shape index (κ2) is 5.29. The zero-order valence-corrected chi connectivity index (χ0v) is 10.8. The lowest BCUT2D eigenvalue weighted by atomic mass is 10.3. The number of hydrogen-bond acceptors (Lipinski definition) is 3. The average molecular weight is 256 g/mol. The van der Waals surface area contributed by atoms with Crippen molar-refractivity contribution in [3.05, 3.63) is 40.8 Å². The third kappa shape index (κ3) is 3.04. The van der Waals surface area contributed by atoms with Crippen molar-refractivity contribution in [3.8, 4) is 0 Å². The molecule has 0 aliphatic rings. The molecule has 0 unspecified atom stereocenters. The molecule has 0 aliphatic heterocycles. The van der Waals surface area contributed by atoms with Crippen LogP contribution in [0.3, 0.4) is 0 Å². The molecule has 94 valence electrons. The molecule has 0 aromatic carbocycles. The minimum Gasteiger partial charge on any atom is -0.366 e. The summed E-state index contributed by atoms with van der Waals surface area (Å²) in [5.74, 6) is 0. The largest absolute Gasteiger partial charge is 0.366 e. The molecule has 1 rings (SSSR count). The van der Waals surface area contributed by atoms with Crippen molar-refractivity contribution in [2.75, 3.05) is 13.1 Å². The van der Waals surface area contributed by atoms with Gasteiger partial charge in [-0.15, -0.1) is 0 Å². The Morgan fingerprint density at radius 1 is 1.53 bits per heavy atom. The van der Waals surface area contributed by atoms with Crippen LogP contribution in [0.25, 0.3) is 0 Å². The molecule has 6 heteroatoms. The van der Waals surface area contributed by atoms with Crippen molar-refractivity contribution in [2.45, 2.75) is 18.7 Å². The summed E-state index contributed by atoms with van der Waals surface area (Å²) >= 11 is 0. The summed E-state index contributed by atoms with van der Waals surface area (Å²) in [4.78, 5) is 13.9. The predicted octanol–water partition coefficient (Wildman–Crippen LogP) is 0.962.